The Kier molecular flexibility index (Phi) is 20.5. The van der Waals surface area contributed by atoms with Crippen molar-refractivity contribution in [1.29, 1.82) is 0 Å². The van der Waals surface area contributed by atoms with Gasteiger partial charge in [0.1, 0.15) is 0 Å². The second kappa shape index (κ2) is 9.31. The summed E-state index contributed by atoms with van der Waals surface area (Å²) in [6.07, 6.45) is 0. The average molecular weight is 212 g/mol. The van der Waals surface area contributed by atoms with Crippen LogP contribution in [0.25, 0.3) is 0 Å². The van der Waals surface area contributed by atoms with Gasteiger partial charge in [0.2, 0.25) is 0 Å². The fourth-order valence-electron chi connectivity index (χ4n) is 0. The third kappa shape index (κ3) is 15.6. The Morgan fingerprint density at radius 1 is 1.75 bits per heavy atom. The molecule has 30 valence electrons. The monoisotopic (exact) mass is 211 g/mol. The van der Waals surface area contributed by atoms with E-state index in [1.807, 2.05) is 0 Å². The first-order valence-corrected chi connectivity index (χ1v) is 0.428. The summed E-state index contributed by atoms with van der Waals surface area (Å²) in [6, 6.07) is 0. The maximum absolute atomic E-state index is 8.24. The molecule has 1 N–H and O–H groups in total. The molecule has 0 saturated carbocycles. The summed E-state index contributed by atoms with van der Waals surface area (Å²) in [6.45, 7) is 0.500. The fraction of sp³-hybridized carbons (Fsp3) is 0. The molecule has 0 atom stereocenters. The smallest absolute Gasteiger partial charge is 0 e. The summed E-state index contributed by atoms with van der Waals surface area (Å²) in [5, 5.41) is 6.76. The van der Waals surface area contributed by atoms with Crippen LogP contribution in [0.15, 0.2) is 0 Å². The predicted octanol–water partition coefficient (Wildman–Crippen LogP) is -0.388. The van der Waals surface area contributed by atoms with E-state index in [1.165, 1.54) is 0 Å². The fourth-order valence-corrected chi connectivity index (χ4v) is 0. The van der Waals surface area contributed by atoms with Gasteiger partial charge in [0.25, 0.3) is 0 Å². The van der Waals surface area contributed by atoms with Crippen LogP contribution in [0.4, 0.5) is 0 Å². The van der Waals surface area contributed by atoms with Crippen LogP contribution < -0.4 is 0 Å². The van der Waals surface area contributed by atoms with Gasteiger partial charge in [-0.05, 0) is 0 Å². The Labute approximate surface area is 53.4 Å². The molecular weight excluding hydrogens is 211 g/mol. The Morgan fingerprint density at radius 3 is 1.75 bits per heavy atom. The molecule has 0 spiro atoms. The third-order valence-corrected chi connectivity index (χ3v) is 0. The quantitative estimate of drug-likeness (QED) is 0.555. The standard InChI is InChI=1S/CHO2.Er/c2-1-3;/h(H,2,3);/q-1;. The van der Waals surface area contributed by atoms with E-state index in [2.05, 4.69) is 0 Å². The van der Waals surface area contributed by atoms with Crippen LogP contribution in [0.5, 0.6) is 0 Å². The molecule has 0 rings (SSSR count). The molecule has 0 aromatic rings. The second-order valence-corrected chi connectivity index (χ2v) is 0.0913. The minimum absolute atomic E-state index is 0. The second-order valence-electron chi connectivity index (χ2n) is 0.0913. The van der Waals surface area contributed by atoms with Crippen molar-refractivity contribution in [3.63, 3.8) is 0 Å². The van der Waals surface area contributed by atoms with Gasteiger partial charge in [-0.1, -0.05) is 6.47 Å². The average Bonchev–Trinajstić information content (AvgIpc) is 0.918. The van der Waals surface area contributed by atoms with Gasteiger partial charge >= 0.3 is 0 Å². The molecule has 0 aliphatic carbocycles. The molecule has 3 heteroatoms. The zero-order valence-corrected chi connectivity index (χ0v) is 3.50. The van der Waals surface area contributed by atoms with Crippen LogP contribution in [0.3, 0.4) is 0 Å². The molecule has 0 saturated heterocycles. The predicted molar refractivity (Wildman–Crippen MR) is 8.32 cm³/mol. The minimum atomic E-state index is 0. The van der Waals surface area contributed by atoms with Gasteiger partial charge in [0.05, 0.1) is 0 Å². The largest absolute Gasteiger partial charge is 0.665 e. The number of rotatable bonds is 0. The molecule has 0 radical (unpaired) electrons. The van der Waals surface area contributed by atoms with E-state index in [-0.39, 0.29) is 37.3 Å². The number of hydrogen-bond acceptors (Lipinski definition) is 1. The van der Waals surface area contributed by atoms with Crippen LogP contribution >= 0.6 is 0 Å². The Balaban J connectivity index is 0. The van der Waals surface area contributed by atoms with Crippen molar-refractivity contribution in [2.75, 3.05) is 0 Å². The molecule has 0 unspecified atom stereocenters. The Morgan fingerprint density at radius 2 is 1.75 bits per heavy atom. The van der Waals surface area contributed by atoms with Crippen LogP contribution in [0.2, 0.25) is 0 Å². The van der Waals surface area contributed by atoms with Gasteiger partial charge in [0.15, 0.2) is 0 Å². The van der Waals surface area contributed by atoms with Gasteiger partial charge in [0, 0.05) is 37.3 Å². The summed E-state index contributed by atoms with van der Waals surface area (Å²) in [5.41, 5.74) is 0. The summed E-state index contributed by atoms with van der Waals surface area (Å²) >= 11 is 0. The van der Waals surface area contributed by atoms with Crippen LogP contribution in [0.1, 0.15) is 0 Å². The van der Waals surface area contributed by atoms with E-state index in [9.17, 15) is 0 Å². The SMILES string of the molecule is O=[C-]O.[Er]. The zero-order valence-electron chi connectivity index (χ0n) is 1.64. The van der Waals surface area contributed by atoms with E-state index < -0.39 is 0 Å². The summed E-state index contributed by atoms with van der Waals surface area (Å²) in [5.74, 6) is 0. The van der Waals surface area contributed by atoms with Crippen molar-refractivity contribution in [2.24, 2.45) is 0 Å². The van der Waals surface area contributed by atoms with Crippen molar-refractivity contribution in [1.82, 2.24) is 0 Å². The maximum Gasteiger partial charge on any atom is 0 e. The van der Waals surface area contributed by atoms with Gasteiger partial charge in [-0.15, -0.1) is 0 Å². The minimum Gasteiger partial charge on any atom is -0.665 e. The molecule has 0 amide bonds. The van der Waals surface area contributed by atoms with Crippen LogP contribution in [-0.2, 0) is 4.79 Å². The van der Waals surface area contributed by atoms with E-state index in [0.717, 1.165) is 0 Å². The Bertz CT molecular complexity index is 13.5. The molecule has 0 aliphatic rings. The number of aliphatic hydroxyl groups excluding tert-OH is 1. The molecular formula is CHErO2-. The van der Waals surface area contributed by atoms with E-state index in [4.69, 9.17) is 9.90 Å². The molecule has 0 bridgehead atoms. The molecule has 0 heterocycles. The van der Waals surface area contributed by atoms with Crippen molar-refractivity contribution >= 4 is 6.47 Å². The van der Waals surface area contributed by atoms with Gasteiger partial charge in [-0.2, -0.15) is 0 Å². The van der Waals surface area contributed by atoms with Crippen molar-refractivity contribution in [2.45, 2.75) is 0 Å². The topological polar surface area (TPSA) is 37.3 Å². The first-order chi connectivity index (χ1) is 1.41. The van der Waals surface area contributed by atoms with E-state index in [1.54, 1.807) is 0 Å². The summed E-state index contributed by atoms with van der Waals surface area (Å²) in [4.78, 5) is 8.24. The van der Waals surface area contributed by atoms with Crippen molar-refractivity contribution in [3.8, 4) is 0 Å². The maximum atomic E-state index is 8.24. The molecule has 0 aromatic carbocycles. The molecule has 0 aromatic heterocycles. The zero-order chi connectivity index (χ0) is 2.71. The van der Waals surface area contributed by atoms with Crippen LogP contribution in [0, 0.1) is 37.3 Å². The third-order valence-electron chi connectivity index (χ3n) is 0. The van der Waals surface area contributed by atoms with Gasteiger partial charge < -0.3 is 9.90 Å². The molecule has 0 aliphatic heterocycles. The summed E-state index contributed by atoms with van der Waals surface area (Å²) in [7, 11) is 0. The van der Waals surface area contributed by atoms with E-state index in [0.29, 0.717) is 6.47 Å². The van der Waals surface area contributed by atoms with Crippen LogP contribution in [-0.4, -0.2) is 11.6 Å². The normalized spacial score (nSPS) is 3.00. The summed E-state index contributed by atoms with van der Waals surface area (Å²) < 4.78 is 0. The molecule has 0 fully saturated rings. The van der Waals surface area contributed by atoms with Gasteiger partial charge in [-0.25, -0.2) is 0 Å². The Hall–Kier alpha value is 0.717. The van der Waals surface area contributed by atoms with Crippen molar-refractivity contribution in [3.05, 3.63) is 0 Å². The first kappa shape index (κ1) is 8.83. The van der Waals surface area contributed by atoms with Gasteiger partial charge in [-0.3, -0.25) is 0 Å². The first-order valence-electron chi connectivity index (χ1n) is 0.428. The molecule has 4 heavy (non-hydrogen) atoms. The molecule has 2 nitrogen and oxygen atoms in total. The van der Waals surface area contributed by atoms with E-state index >= 15 is 0 Å². The van der Waals surface area contributed by atoms with Crippen molar-refractivity contribution < 1.29 is 47.2 Å². The number of hydrogen-bond donors (Lipinski definition) is 1.